The molecule has 0 fully saturated rings. The molecule has 0 saturated heterocycles. The molecule has 0 atom stereocenters. The van der Waals surface area contributed by atoms with Gasteiger partial charge in [-0.2, -0.15) is 13.2 Å². The van der Waals surface area contributed by atoms with Gasteiger partial charge in [-0.05, 0) is 36.4 Å². The maximum atomic E-state index is 12.5. The topological polar surface area (TPSA) is 41.6 Å². The summed E-state index contributed by atoms with van der Waals surface area (Å²) < 4.78 is 42.9. The van der Waals surface area contributed by atoms with Gasteiger partial charge in [-0.15, -0.1) is 0 Å². The van der Waals surface area contributed by atoms with Crippen LogP contribution in [0.1, 0.15) is 5.56 Å². The largest absolute Gasteiger partial charge is 0.492 e. The molecule has 1 N–H and O–H groups in total. The average molecular weight is 338 g/mol. The fourth-order valence-corrected chi connectivity index (χ4v) is 1.88. The van der Waals surface area contributed by atoms with Crippen molar-refractivity contribution in [2.75, 3.05) is 25.5 Å². The number of likely N-dealkylation sites (N-methyl/N-ethyl adjacent to an activating group) is 1. The van der Waals surface area contributed by atoms with Gasteiger partial charge < -0.3 is 15.0 Å². The molecule has 0 aromatic heterocycles. The summed E-state index contributed by atoms with van der Waals surface area (Å²) in [6, 6.07) is 13.0. The van der Waals surface area contributed by atoms with Crippen LogP contribution >= 0.6 is 0 Å². The van der Waals surface area contributed by atoms with Crippen LogP contribution in [0.3, 0.4) is 0 Å². The number of rotatable bonds is 5. The first-order chi connectivity index (χ1) is 11.4. The second-order valence-corrected chi connectivity index (χ2v) is 5.09. The van der Waals surface area contributed by atoms with Crippen LogP contribution in [0.25, 0.3) is 0 Å². The molecule has 2 aromatic rings. The number of carbonyl (C=O) groups excluding carboxylic acids is 1. The van der Waals surface area contributed by atoms with Crippen LogP contribution in [0, 0.1) is 0 Å². The molecule has 0 bridgehead atoms. The normalized spacial score (nSPS) is 11.0. The molecular formula is C17H17F3N2O2. The van der Waals surface area contributed by atoms with Crippen molar-refractivity contribution in [3.8, 4) is 5.75 Å². The zero-order valence-corrected chi connectivity index (χ0v) is 13.0. The van der Waals surface area contributed by atoms with Gasteiger partial charge in [-0.3, -0.25) is 0 Å². The number of amides is 2. The zero-order valence-electron chi connectivity index (χ0n) is 13.0. The first-order valence-electron chi connectivity index (χ1n) is 7.23. The van der Waals surface area contributed by atoms with Gasteiger partial charge in [0.15, 0.2) is 0 Å². The summed E-state index contributed by atoms with van der Waals surface area (Å²) in [7, 11) is 1.58. The third kappa shape index (κ3) is 5.19. The second-order valence-electron chi connectivity index (χ2n) is 5.09. The molecule has 7 heteroatoms. The van der Waals surface area contributed by atoms with E-state index in [9.17, 15) is 18.0 Å². The fourth-order valence-electron chi connectivity index (χ4n) is 1.88. The van der Waals surface area contributed by atoms with Crippen molar-refractivity contribution in [1.29, 1.82) is 0 Å². The molecule has 4 nitrogen and oxygen atoms in total. The Hall–Kier alpha value is -2.70. The van der Waals surface area contributed by atoms with Crippen LogP contribution in [-0.2, 0) is 6.18 Å². The minimum Gasteiger partial charge on any atom is -0.492 e. The van der Waals surface area contributed by atoms with Crippen molar-refractivity contribution in [1.82, 2.24) is 4.90 Å². The maximum Gasteiger partial charge on any atom is 0.416 e. The Morgan fingerprint density at radius 1 is 1.08 bits per heavy atom. The monoisotopic (exact) mass is 338 g/mol. The summed E-state index contributed by atoms with van der Waals surface area (Å²) >= 11 is 0. The van der Waals surface area contributed by atoms with E-state index in [1.165, 1.54) is 17.0 Å². The number of carbonyl (C=O) groups is 1. The molecule has 0 unspecified atom stereocenters. The lowest BCUT2D eigenvalue weighted by atomic mass is 10.2. The summed E-state index contributed by atoms with van der Waals surface area (Å²) in [5.74, 6) is 0.703. The van der Waals surface area contributed by atoms with E-state index in [2.05, 4.69) is 5.32 Å². The average Bonchev–Trinajstić information content (AvgIpc) is 2.55. The summed E-state index contributed by atoms with van der Waals surface area (Å²) in [5.41, 5.74) is -0.464. The van der Waals surface area contributed by atoms with Gasteiger partial charge in [0.2, 0.25) is 0 Å². The molecule has 0 saturated carbocycles. The van der Waals surface area contributed by atoms with Gasteiger partial charge in [-0.1, -0.05) is 18.2 Å². The Labute approximate surface area is 137 Å². The Balaban J connectivity index is 1.81. The van der Waals surface area contributed by atoms with E-state index in [1.54, 1.807) is 7.05 Å². The SMILES string of the molecule is CN(CCOc1ccccc1)C(=O)Nc1ccc(C(F)(F)F)cc1. The number of alkyl halides is 3. The van der Waals surface area contributed by atoms with Crippen molar-refractivity contribution in [3.63, 3.8) is 0 Å². The number of benzene rings is 2. The van der Waals surface area contributed by atoms with E-state index >= 15 is 0 Å². The number of ether oxygens (including phenoxy) is 1. The maximum absolute atomic E-state index is 12.5. The minimum atomic E-state index is -4.39. The molecule has 0 aliphatic rings. The summed E-state index contributed by atoms with van der Waals surface area (Å²) in [6.07, 6.45) is -4.39. The van der Waals surface area contributed by atoms with E-state index in [1.807, 2.05) is 30.3 Å². The Bertz CT molecular complexity index is 658. The number of halogens is 3. The molecule has 2 aromatic carbocycles. The first-order valence-corrected chi connectivity index (χ1v) is 7.23. The Morgan fingerprint density at radius 3 is 2.29 bits per heavy atom. The van der Waals surface area contributed by atoms with Gasteiger partial charge >= 0.3 is 12.2 Å². The van der Waals surface area contributed by atoms with E-state index in [0.717, 1.165) is 12.1 Å². The predicted octanol–water partition coefficient (Wildman–Crippen LogP) is 4.25. The van der Waals surface area contributed by atoms with Gasteiger partial charge in [0.05, 0.1) is 12.1 Å². The molecule has 0 heterocycles. The molecule has 2 rings (SSSR count). The second kappa shape index (κ2) is 7.72. The minimum absolute atomic E-state index is 0.295. The predicted molar refractivity (Wildman–Crippen MR) is 85.0 cm³/mol. The fraction of sp³-hybridized carbons (Fsp3) is 0.235. The van der Waals surface area contributed by atoms with Crippen LogP contribution in [0.4, 0.5) is 23.7 Å². The Morgan fingerprint density at radius 2 is 1.71 bits per heavy atom. The highest BCUT2D eigenvalue weighted by Gasteiger charge is 2.30. The highest BCUT2D eigenvalue weighted by molar-refractivity contribution is 5.89. The number of urea groups is 1. The van der Waals surface area contributed by atoms with E-state index in [0.29, 0.717) is 24.6 Å². The number of nitrogens with one attached hydrogen (secondary N) is 1. The number of anilines is 1. The van der Waals surface area contributed by atoms with Crippen LogP contribution in [0.5, 0.6) is 5.75 Å². The molecule has 128 valence electrons. The molecule has 24 heavy (non-hydrogen) atoms. The standard InChI is InChI=1S/C17H17F3N2O2/c1-22(11-12-24-15-5-3-2-4-6-15)16(23)21-14-9-7-13(8-10-14)17(18,19)20/h2-10H,11-12H2,1H3,(H,21,23). The third-order valence-corrected chi connectivity index (χ3v) is 3.25. The van der Waals surface area contributed by atoms with Crippen LogP contribution < -0.4 is 10.1 Å². The molecule has 0 aliphatic heterocycles. The summed E-state index contributed by atoms with van der Waals surface area (Å²) in [5, 5.41) is 2.53. The van der Waals surface area contributed by atoms with Crippen LogP contribution in [0.15, 0.2) is 54.6 Å². The van der Waals surface area contributed by atoms with Crippen molar-refractivity contribution < 1.29 is 22.7 Å². The summed E-state index contributed by atoms with van der Waals surface area (Å²) in [4.78, 5) is 13.4. The van der Waals surface area contributed by atoms with Crippen molar-refractivity contribution in [2.45, 2.75) is 6.18 Å². The van der Waals surface area contributed by atoms with Crippen molar-refractivity contribution in [3.05, 3.63) is 60.2 Å². The molecule has 0 aliphatic carbocycles. The van der Waals surface area contributed by atoms with E-state index in [4.69, 9.17) is 4.74 Å². The Kier molecular flexibility index (Phi) is 5.68. The number of nitrogens with zero attached hydrogens (tertiary/aromatic N) is 1. The lowest BCUT2D eigenvalue weighted by Crippen LogP contribution is -2.34. The van der Waals surface area contributed by atoms with Gasteiger partial charge in [-0.25, -0.2) is 4.79 Å². The first kappa shape index (κ1) is 17.7. The lowest BCUT2D eigenvalue weighted by molar-refractivity contribution is -0.137. The highest BCUT2D eigenvalue weighted by atomic mass is 19.4. The van der Waals surface area contributed by atoms with Gasteiger partial charge in [0, 0.05) is 12.7 Å². The molecule has 0 spiro atoms. The van der Waals surface area contributed by atoms with Crippen LogP contribution in [-0.4, -0.2) is 31.1 Å². The molecule has 2 amide bonds. The van der Waals surface area contributed by atoms with Gasteiger partial charge in [0.25, 0.3) is 0 Å². The van der Waals surface area contributed by atoms with E-state index in [-0.39, 0.29) is 0 Å². The third-order valence-electron chi connectivity index (χ3n) is 3.25. The quantitative estimate of drug-likeness (QED) is 0.886. The highest BCUT2D eigenvalue weighted by Crippen LogP contribution is 2.29. The lowest BCUT2D eigenvalue weighted by Gasteiger charge is -2.18. The van der Waals surface area contributed by atoms with Crippen LogP contribution in [0.2, 0.25) is 0 Å². The zero-order chi connectivity index (χ0) is 17.6. The summed E-state index contributed by atoms with van der Waals surface area (Å²) in [6.45, 7) is 0.641. The number of hydrogen-bond donors (Lipinski definition) is 1. The molecular weight excluding hydrogens is 321 g/mol. The molecule has 0 radical (unpaired) electrons. The number of hydrogen-bond acceptors (Lipinski definition) is 2. The number of para-hydroxylation sites is 1. The van der Waals surface area contributed by atoms with Crippen molar-refractivity contribution >= 4 is 11.7 Å². The van der Waals surface area contributed by atoms with Crippen molar-refractivity contribution in [2.24, 2.45) is 0 Å². The van der Waals surface area contributed by atoms with E-state index < -0.39 is 17.8 Å². The van der Waals surface area contributed by atoms with Gasteiger partial charge in [0.1, 0.15) is 12.4 Å². The smallest absolute Gasteiger partial charge is 0.416 e.